The number of nitrogens with two attached hydrogens (primary N) is 1. The largest absolute Gasteiger partial charge is 0.393 e. The van der Waals surface area contributed by atoms with Crippen LogP contribution >= 0.6 is 0 Å². The molecular weight excluding hydrogens is 532 g/mol. The molecule has 1 aromatic carbocycles. The summed E-state index contributed by atoms with van der Waals surface area (Å²) in [5, 5.41) is 22.0. The molecule has 2 aromatic rings. The predicted molar refractivity (Wildman–Crippen MR) is 155 cm³/mol. The van der Waals surface area contributed by atoms with E-state index < -0.39 is 41.5 Å². The van der Waals surface area contributed by atoms with Crippen LogP contribution in [-0.4, -0.2) is 51.2 Å². The summed E-state index contributed by atoms with van der Waals surface area (Å²) in [7, 11) is 0. The normalized spacial score (nSPS) is 40.1. The Labute approximate surface area is 245 Å². The summed E-state index contributed by atoms with van der Waals surface area (Å²) in [5.41, 5.74) is 7.26. The number of pyridine rings is 1. The summed E-state index contributed by atoms with van der Waals surface area (Å²) in [5.74, 6) is 0.221. The van der Waals surface area contributed by atoms with Crippen molar-refractivity contribution in [1.82, 2.24) is 4.98 Å². The van der Waals surface area contributed by atoms with Crippen molar-refractivity contribution in [2.24, 2.45) is 28.6 Å². The molecule has 2 heterocycles. The van der Waals surface area contributed by atoms with Gasteiger partial charge in [0, 0.05) is 28.5 Å². The van der Waals surface area contributed by atoms with Gasteiger partial charge in [-0.15, -0.1) is 0 Å². The van der Waals surface area contributed by atoms with Crippen LogP contribution in [0.25, 0.3) is 0 Å². The SMILES string of the molecule is C[C@]12C=CC(=O)C=C1CCC1[C@@H]2[C@@H](O)C[C@@]2(C)[C@H]1C[C@H]1O[C@@H](c3ccc(Cc4ccc(N)nc4)cc3)O[C@]12C(=O)CO. The number of carbonyl (C=O) groups excluding carboxylic acids is 2. The lowest BCUT2D eigenvalue weighted by Gasteiger charge is -2.59. The van der Waals surface area contributed by atoms with Crippen LogP contribution in [0.4, 0.5) is 5.82 Å². The summed E-state index contributed by atoms with van der Waals surface area (Å²) in [6.45, 7) is 3.53. The van der Waals surface area contributed by atoms with Gasteiger partial charge in [-0.1, -0.05) is 55.8 Å². The van der Waals surface area contributed by atoms with Crippen molar-refractivity contribution in [2.45, 2.75) is 70.1 Å². The Morgan fingerprint density at radius 1 is 1.14 bits per heavy atom. The number of nitrogens with zero attached hydrogens (tertiary/aromatic N) is 1. The molecule has 8 nitrogen and oxygen atoms in total. The van der Waals surface area contributed by atoms with Crippen molar-refractivity contribution in [1.29, 1.82) is 0 Å². The quantitative estimate of drug-likeness (QED) is 0.494. The molecule has 4 aliphatic carbocycles. The van der Waals surface area contributed by atoms with E-state index in [1.54, 1.807) is 24.4 Å². The lowest BCUT2D eigenvalue weighted by Crippen LogP contribution is -2.63. The first kappa shape index (κ1) is 27.7. The van der Waals surface area contributed by atoms with E-state index in [1.165, 1.54) is 0 Å². The highest BCUT2D eigenvalue weighted by Gasteiger charge is 2.75. The molecule has 0 bridgehead atoms. The molecule has 1 aliphatic heterocycles. The number of fused-ring (bicyclic) bond motifs is 7. The van der Waals surface area contributed by atoms with Crippen LogP contribution in [0.15, 0.2) is 66.4 Å². The summed E-state index contributed by atoms with van der Waals surface area (Å²) in [6, 6.07) is 11.7. The molecule has 220 valence electrons. The monoisotopic (exact) mass is 570 g/mol. The fraction of sp³-hybridized carbons (Fsp3) is 0.500. The fourth-order valence-corrected chi connectivity index (χ4v) is 9.40. The lowest BCUT2D eigenvalue weighted by atomic mass is 9.46. The highest BCUT2D eigenvalue weighted by molar-refractivity contribution is 6.01. The first-order valence-electron chi connectivity index (χ1n) is 15.0. The van der Waals surface area contributed by atoms with E-state index in [4.69, 9.17) is 15.2 Å². The van der Waals surface area contributed by atoms with E-state index in [0.29, 0.717) is 25.1 Å². The summed E-state index contributed by atoms with van der Waals surface area (Å²) >= 11 is 0. The third-order valence-corrected chi connectivity index (χ3v) is 11.3. The standard InChI is InChI=1S/C34H38N2O6/c1-32-12-11-23(38)14-22(32)8-9-24-25-15-28-34(27(40)18-37,33(25,2)16-26(39)30(24)32)42-31(41-28)21-6-3-19(4-7-21)13-20-5-10-29(35)36-17-20/h3-7,10-12,14,17,24-26,28,30-31,37,39H,8-9,13,15-16,18H2,1-2H3,(H2,35,36)/t24?,25-,26-,28+,30+,31+,32-,33-,34+/m0/s1. The molecule has 1 aromatic heterocycles. The number of hydrogen-bond donors (Lipinski definition) is 3. The molecule has 42 heavy (non-hydrogen) atoms. The predicted octanol–water partition coefficient (Wildman–Crippen LogP) is 3.86. The molecule has 1 unspecified atom stereocenters. The molecule has 7 rings (SSSR count). The number of rotatable bonds is 5. The van der Waals surface area contributed by atoms with Gasteiger partial charge < -0.3 is 25.4 Å². The van der Waals surface area contributed by atoms with Crippen molar-refractivity contribution >= 4 is 17.4 Å². The number of aromatic nitrogens is 1. The van der Waals surface area contributed by atoms with Gasteiger partial charge >= 0.3 is 0 Å². The maximum atomic E-state index is 13.7. The minimum absolute atomic E-state index is 0.00194. The zero-order valence-corrected chi connectivity index (χ0v) is 24.0. The lowest BCUT2D eigenvalue weighted by molar-refractivity contribution is -0.201. The van der Waals surface area contributed by atoms with Crippen molar-refractivity contribution < 1.29 is 29.3 Å². The van der Waals surface area contributed by atoms with Crippen molar-refractivity contribution in [2.75, 3.05) is 12.3 Å². The van der Waals surface area contributed by atoms with Crippen LogP contribution in [0.1, 0.15) is 62.5 Å². The smallest absolute Gasteiger partial charge is 0.193 e. The van der Waals surface area contributed by atoms with E-state index in [1.807, 2.05) is 43.3 Å². The Balaban J connectivity index is 1.17. The topological polar surface area (TPSA) is 132 Å². The average molecular weight is 571 g/mol. The molecule has 4 fully saturated rings. The number of aliphatic hydroxyl groups excluding tert-OH is 2. The number of aliphatic hydroxyl groups is 2. The number of ketones is 2. The number of anilines is 1. The van der Waals surface area contributed by atoms with Crippen molar-refractivity contribution in [3.8, 4) is 0 Å². The summed E-state index contributed by atoms with van der Waals surface area (Å²) < 4.78 is 13.2. The van der Waals surface area contributed by atoms with Crippen LogP contribution in [-0.2, 0) is 25.5 Å². The third-order valence-electron chi connectivity index (χ3n) is 11.3. The first-order chi connectivity index (χ1) is 20.1. The van der Waals surface area contributed by atoms with Crippen molar-refractivity contribution in [3.63, 3.8) is 0 Å². The van der Waals surface area contributed by atoms with Gasteiger partial charge in [-0.2, -0.15) is 0 Å². The van der Waals surface area contributed by atoms with Crippen LogP contribution in [0.5, 0.6) is 0 Å². The number of Topliss-reactive ketones (excluding diaryl/α,β-unsaturated/α-hetero) is 1. The van der Waals surface area contributed by atoms with E-state index >= 15 is 0 Å². The maximum Gasteiger partial charge on any atom is 0.193 e. The van der Waals surface area contributed by atoms with Gasteiger partial charge in [-0.3, -0.25) is 9.59 Å². The Bertz CT molecular complexity index is 1480. The number of ether oxygens (including phenoxy) is 2. The number of nitrogen functional groups attached to an aromatic ring is 1. The number of carbonyl (C=O) groups is 2. The van der Waals surface area contributed by atoms with Gasteiger partial charge in [0.1, 0.15) is 12.4 Å². The number of hydrogen-bond acceptors (Lipinski definition) is 8. The second-order valence-corrected chi connectivity index (χ2v) is 13.3. The van der Waals surface area contributed by atoms with E-state index in [2.05, 4.69) is 11.9 Å². The van der Waals surface area contributed by atoms with Crippen LogP contribution in [0.2, 0.25) is 0 Å². The molecule has 3 saturated carbocycles. The van der Waals surface area contributed by atoms with Crippen LogP contribution in [0.3, 0.4) is 0 Å². The highest BCUT2D eigenvalue weighted by atomic mass is 16.7. The minimum atomic E-state index is -1.35. The molecule has 1 saturated heterocycles. The Hall–Kier alpha value is -3.17. The molecule has 8 heteroatoms. The Morgan fingerprint density at radius 2 is 1.90 bits per heavy atom. The minimum Gasteiger partial charge on any atom is -0.393 e. The zero-order valence-electron chi connectivity index (χ0n) is 24.0. The van der Waals surface area contributed by atoms with Crippen LogP contribution < -0.4 is 5.73 Å². The average Bonchev–Trinajstić information content (AvgIpc) is 3.47. The maximum absolute atomic E-state index is 13.7. The second kappa shape index (κ2) is 9.67. The number of benzene rings is 1. The zero-order chi connectivity index (χ0) is 29.4. The molecular formula is C34H38N2O6. The summed E-state index contributed by atoms with van der Waals surface area (Å²) in [4.78, 5) is 30.0. The fourth-order valence-electron chi connectivity index (χ4n) is 9.40. The molecule has 0 amide bonds. The second-order valence-electron chi connectivity index (χ2n) is 13.3. The van der Waals surface area contributed by atoms with Gasteiger partial charge in [-0.05, 0) is 73.3 Å². The van der Waals surface area contributed by atoms with Crippen LogP contribution in [0, 0.1) is 28.6 Å². The molecule has 4 N–H and O–H groups in total. The Kier molecular flexibility index (Phi) is 6.37. The first-order valence-corrected chi connectivity index (χ1v) is 15.0. The highest BCUT2D eigenvalue weighted by Crippen LogP contribution is 2.70. The third kappa shape index (κ3) is 3.85. The summed E-state index contributed by atoms with van der Waals surface area (Å²) in [6.07, 6.45) is 8.42. The van der Waals surface area contributed by atoms with E-state index in [0.717, 1.165) is 35.1 Å². The molecule has 5 aliphatic rings. The van der Waals surface area contributed by atoms with Gasteiger partial charge in [0.25, 0.3) is 0 Å². The molecule has 0 spiro atoms. The van der Waals surface area contributed by atoms with Gasteiger partial charge in [0.2, 0.25) is 0 Å². The number of allylic oxidation sites excluding steroid dienone is 4. The van der Waals surface area contributed by atoms with Gasteiger partial charge in [0.05, 0.1) is 12.2 Å². The van der Waals surface area contributed by atoms with E-state index in [9.17, 15) is 19.8 Å². The molecule has 9 atom stereocenters. The van der Waals surface area contributed by atoms with Gasteiger partial charge in [0.15, 0.2) is 23.5 Å². The Morgan fingerprint density at radius 3 is 2.62 bits per heavy atom. The van der Waals surface area contributed by atoms with Gasteiger partial charge in [-0.25, -0.2) is 4.98 Å². The van der Waals surface area contributed by atoms with E-state index in [-0.39, 0.29) is 29.3 Å². The molecule has 0 radical (unpaired) electrons. The van der Waals surface area contributed by atoms with Crippen molar-refractivity contribution in [3.05, 3.63) is 83.1 Å².